The predicted octanol–water partition coefficient (Wildman–Crippen LogP) is 4.05. The molecule has 2 heterocycles. The van der Waals surface area contributed by atoms with Gasteiger partial charge in [0.25, 0.3) is 0 Å². The standard InChI is InChI=1S/C18H31N3/c1-5-17-9-7-6-8-10-21(17)18-12-16(11-15(4)20-18)13-19-14(2)3/h11-12,14,17,19H,5-10,13H2,1-4H3. The maximum atomic E-state index is 4.82. The number of aryl methyl sites for hydroxylation is 1. The second kappa shape index (κ2) is 7.79. The lowest BCUT2D eigenvalue weighted by Crippen LogP contribution is -2.35. The van der Waals surface area contributed by atoms with Crippen molar-refractivity contribution in [1.82, 2.24) is 10.3 Å². The molecule has 21 heavy (non-hydrogen) atoms. The van der Waals surface area contributed by atoms with Crippen LogP contribution in [0.15, 0.2) is 12.1 Å². The van der Waals surface area contributed by atoms with Crippen molar-refractivity contribution in [3.8, 4) is 0 Å². The predicted molar refractivity (Wildman–Crippen MR) is 90.8 cm³/mol. The van der Waals surface area contributed by atoms with E-state index >= 15 is 0 Å². The van der Waals surface area contributed by atoms with E-state index in [9.17, 15) is 0 Å². The molecule has 1 fully saturated rings. The van der Waals surface area contributed by atoms with Crippen molar-refractivity contribution in [2.45, 2.75) is 78.4 Å². The van der Waals surface area contributed by atoms with Crippen molar-refractivity contribution in [1.29, 1.82) is 0 Å². The first-order valence-electron chi connectivity index (χ1n) is 8.57. The summed E-state index contributed by atoms with van der Waals surface area (Å²) in [5.41, 5.74) is 2.48. The first-order chi connectivity index (χ1) is 10.1. The van der Waals surface area contributed by atoms with Crippen LogP contribution in [0.5, 0.6) is 0 Å². The molecule has 0 amide bonds. The lowest BCUT2D eigenvalue weighted by atomic mass is 10.1. The first kappa shape index (κ1) is 16.3. The highest BCUT2D eigenvalue weighted by atomic mass is 15.2. The van der Waals surface area contributed by atoms with E-state index in [1.165, 1.54) is 43.5 Å². The Balaban J connectivity index is 2.20. The fourth-order valence-electron chi connectivity index (χ4n) is 3.20. The van der Waals surface area contributed by atoms with Crippen LogP contribution in [0.3, 0.4) is 0 Å². The lowest BCUT2D eigenvalue weighted by molar-refractivity contribution is 0.550. The van der Waals surface area contributed by atoms with Crippen molar-refractivity contribution >= 4 is 5.82 Å². The number of aromatic nitrogens is 1. The SMILES string of the molecule is CCC1CCCCCN1c1cc(CNC(C)C)cc(C)n1. The molecule has 1 atom stereocenters. The Morgan fingerprint density at radius 3 is 2.81 bits per heavy atom. The van der Waals surface area contributed by atoms with Crippen LogP contribution >= 0.6 is 0 Å². The van der Waals surface area contributed by atoms with Crippen molar-refractivity contribution in [2.75, 3.05) is 11.4 Å². The van der Waals surface area contributed by atoms with E-state index in [1.807, 2.05) is 0 Å². The molecule has 0 saturated carbocycles. The van der Waals surface area contributed by atoms with Crippen LogP contribution in [0, 0.1) is 6.92 Å². The van der Waals surface area contributed by atoms with Gasteiger partial charge in [0, 0.05) is 30.9 Å². The fourth-order valence-corrected chi connectivity index (χ4v) is 3.20. The summed E-state index contributed by atoms with van der Waals surface area (Å²) in [5.74, 6) is 1.18. The van der Waals surface area contributed by atoms with Crippen LogP contribution in [0.1, 0.15) is 64.1 Å². The van der Waals surface area contributed by atoms with Crippen molar-refractivity contribution in [2.24, 2.45) is 0 Å². The molecule has 1 N–H and O–H groups in total. The van der Waals surface area contributed by atoms with Crippen LogP contribution in [0.25, 0.3) is 0 Å². The third kappa shape index (κ3) is 4.70. The minimum absolute atomic E-state index is 0.517. The third-order valence-electron chi connectivity index (χ3n) is 4.36. The van der Waals surface area contributed by atoms with Gasteiger partial charge in [-0.3, -0.25) is 0 Å². The van der Waals surface area contributed by atoms with Crippen LogP contribution in [0.4, 0.5) is 5.82 Å². The number of hydrogen-bond donors (Lipinski definition) is 1. The summed E-state index contributed by atoms with van der Waals surface area (Å²) in [4.78, 5) is 7.38. The molecule has 1 aliphatic heterocycles. The number of nitrogens with zero attached hydrogens (tertiary/aromatic N) is 2. The lowest BCUT2D eigenvalue weighted by Gasteiger charge is -2.31. The van der Waals surface area contributed by atoms with Gasteiger partial charge >= 0.3 is 0 Å². The minimum Gasteiger partial charge on any atom is -0.354 e. The minimum atomic E-state index is 0.517. The molecular formula is C18H31N3. The first-order valence-corrected chi connectivity index (χ1v) is 8.57. The maximum absolute atomic E-state index is 4.82. The molecule has 1 saturated heterocycles. The van der Waals surface area contributed by atoms with Gasteiger partial charge in [0.2, 0.25) is 0 Å². The molecule has 0 bridgehead atoms. The Labute approximate surface area is 130 Å². The van der Waals surface area contributed by atoms with Gasteiger partial charge in [0.1, 0.15) is 5.82 Å². The number of nitrogens with one attached hydrogen (secondary N) is 1. The molecule has 0 spiro atoms. The number of rotatable bonds is 5. The average molecular weight is 289 g/mol. The molecule has 3 heteroatoms. The summed E-state index contributed by atoms with van der Waals surface area (Å²) < 4.78 is 0. The van der Waals surface area contributed by atoms with Crippen molar-refractivity contribution < 1.29 is 0 Å². The highest BCUT2D eigenvalue weighted by Crippen LogP contribution is 2.25. The van der Waals surface area contributed by atoms with Gasteiger partial charge < -0.3 is 10.2 Å². The smallest absolute Gasteiger partial charge is 0.129 e. The Hall–Kier alpha value is -1.09. The molecule has 1 aromatic rings. The number of pyridine rings is 1. The quantitative estimate of drug-likeness (QED) is 0.886. The Morgan fingerprint density at radius 1 is 1.29 bits per heavy atom. The number of hydrogen-bond acceptors (Lipinski definition) is 3. The molecule has 0 aromatic carbocycles. The molecule has 2 rings (SSSR count). The summed E-state index contributed by atoms with van der Waals surface area (Å²) in [6, 6.07) is 5.67. The van der Waals surface area contributed by atoms with Gasteiger partial charge in [-0.05, 0) is 43.9 Å². The molecular weight excluding hydrogens is 258 g/mol. The van der Waals surface area contributed by atoms with Crippen molar-refractivity contribution in [3.63, 3.8) is 0 Å². The van der Waals surface area contributed by atoms with E-state index in [1.54, 1.807) is 0 Å². The summed E-state index contributed by atoms with van der Waals surface area (Å²) in [6.45, 7) is 10.9. The molecule has 0 radical (unpaired) electrons. The zero-order valence-corrected chi connectivity index (χ0v) is 14.2. The normalized spacial score (nSPS) is 19.9. The summed E-state index contributed by atoms with van der Waals surface area (Å²) in [6.07, 6.45) is 6.55. The van der Waals surface area contributed by atoms with Crippen LogP contribution < -0.4 is 10.2 Å². The summed E-state index contributed by atoms with van der Waals surface area (Å²) in [7, 11) is 0. The van der Waals surface area contributed by atoms with E-state index < -0.39 is 0 Å². The molecule has 0 aliphatic carbocycles. The molecule has 3 nitrogen and oxygen atoms in total. The fraction of sp³-hybridized carbons (Fsp3) is 0.722. The number of anilines is 1. The van der Waals surface area contributed by atoms with Gasteiger partial charge in [0.05, 0.1) is 0 Å². The Bertz CT molecular complexity index is 442. The summed E-state index contributed by atoms with van der Waals surface area (Å²) >= 11 is 0. The van der Waals surface area contributed by atoms with Gasteiger partial charge in [-0.15, -0.1) is 0 Å². The van der Waals surface area contributed by atoms with Gasteiger partial charge in [0.15, 0.2) is 0 Å². The topological polar surface area (TPSA) is 28.2 Å². The monoisotopic (exact) mass is 289 g/mol. The van der Waals surface area contributed by atoms with E-state index in [0.717, 1.165) is 18.8 Å². The van der Waals surface area contributed by atoms with Gasteiger partial charge in [-0.25, -0.2) is 4.98 Å². The Kier molecular flexibility index (Phi) is 6.04. The Morgan fingerprint density at radius 2 is 2.10 bits per heavy atom. The molecule has 118 valence electrons. The second-order valence-electron chi connectivity index (χ2n) is 6.62. The third-order valence-corrected chi connectivity index (χ3v) is 4.36. The summed E-state index contributed by atoms with van der Waals surface area (Å²) in [5, 5.41) is 3.51. The van der Waals surface area contributed by atoms with E-state index in [2.05, 4.69) is 50.0 Å². The van der Waals surface area contributed by atoms with Crippen LogP contribution in [0.2, 0.25) is 0 Å². The maximum Gasteiger partial charge on any atom is 0.129 e. The van der Waals surface area contributed by atoms with Crippen LogP contribution in [-0.4, -0.2) is 23.6 Å². The molecule has 1 unspecified atom stereocenters. The highest BCUT2D eigenvalue weighted by Gasteiger charge is 2.21. The molecule has 1 aliphatic rings. The van der Waals surface area contributed by atoms with E-state index in [4.69, 9.17) is 4.98 Å². The van der Waals surface area contributed by atoms with Crippen molar-refractivity contribution in [3.05, 3.63) is 23.4 Å². The average Bonchev–Trinajstić information content (AvgIpc) is 2.69. The molecule has 1 aromatic heterocycles. The largest absolute Gasteiger partial charge is 0.354 e. The van der Waals surface area contributed by atoms with Gasteiger partial charge in [-0.1, -0.05) is 33.6 Å². The van der Waals surface area contributed by atoms with Crippen LogP contribution in [-0.2, 0) is 6.54 Å². The second-order valence-corrected chi connectivity index (χ2v) is 6.62. The van der Waals surface area contributed by atoms with E-state index in [-0.39, 0.29) is 0 Å². The van der Waals surface area contributed by atoms with E-state index in [0.29, 0.717) is 12.1 Å². The van der Waals surface area contributed by atoms with Gasteiger partial charge in [-0.2, -0.15) is 0 Å². The zero-order valence-electron chi connectivity index (χ0n) is 14.2. The zero-order chi connectivity index (χ0) is 15.2. The highest BCUT2D eigenvalue weighted by molar-refractivity contribution is 5.44.